The minimum absolute atomic E-state index is 0.165. The average Bonchev–Trinajstić information content (AvgIpc) is 3.08. The minimum Gasteiger partial charge on any atom is -0.325 e. The van der Waals surface area contributed by atoms with E-state index in [0.29, 0.717) is 4.34 Å². The molecular formula is C17H13FN4O2S2. The van der Waals surface area contributed by atoms with Gasteiger partial charge >= 0.3 is 0 Å². The van der Waals surface area contributed by atoms with Crippen LogP contribution in [0.5, 0.6) is 0 Å². The van der Waals surface area contributed by atoms with E-state index in [4.69, 9.17) is 0 Å². The Morgan fingerprint density at radius 1 is 1.04 bits per heavy atom. The Balaban J connectivity index is 1.51. The SMILES string of the molecule is O=C(CSc1nnc(NC(=O)c2cccc(F)c2)s1)Nc1ccccc1. The van der Waals surface area contributed by atoms with E-state index in [1.54, 1.807) is 12.1 Å². The Kier molecular flexibility index (Phi) is 5.92. The van der Waals surface area contributed by atoms with E-state index in [2.05, 4.69) is 20.8 Å². The van der Waals surface area contributed by atoms with Crippen LogP contribution < -0.4 is 10.6 Å². The maximum absolute atomic E-state index is 13.2. The van der Waals surface area contributed by atoms with Crippen LogP contribution in [0.25, 0.3) is 0 Å². The standard InChI is InChI=1S/C17H13FN4O2S2/c18-12-6-4-5-11(9-12)15(24)20-16-21-22-17(26-16)25-10-14(23)19-13-7-2-1-3-8-13/h1-9H,10H2,(H,19,23)(H,20,21,24). The zero-order chi connectivity index (χ0) is 18.4. The molecule has 0 atom stereocenters. The normalized spacial score (nSPS) is 10.3. The zero-order valence-corrected chi connectivity index (χ0v) is 14.9. The van der Waals surface area contributed by atoms with Crippen LogP contribution in [0.2, 0.25) is 0 Å². The van der Waals surface area contributed by atoms with Gasteiger partial charge in [-0.05, 0) is 30.3 Å². The molecule has 26 heavy (non-hydrogen) atoms. The highest BCUT2D eigenvalue weighted by Gasteiger charge is 2.12. The van der Waals surface area contributed by atoms with Gasteiger partial charge in [-0.15, -0.1) is 10.2 Å². The number of amides is 2. The van der Waals surface area contributed by atoms with Crippen molar-refractivity contribution < 1.29 is 14.0 Å². The number of para-hydroxylation sites is 1. The van der Waals surface area contributed by atoms with Crippen LogP contribution in [-0.2, 0) is 4.79 Å². The van der Waals surface area contributed by atoms with E-state index in [1.165, 1.54) is 30.0 Å². The molecule has 0 saturated heterocycles. The van der Waals surface area contributed by atoms with Crippen LogP contribution in [0.3, 0.4) is 0 Å². The maximum atomic E-state index is 13.2. The van der Waals surface area contributed by atoms with Crippen molar-refractivity contribution in [1.29, 1.82) is 0 Å². The van der Waals surface area contributed by atoms with Crippen molar-refractivity contribution in [1.82, 2.24) is 10.2 Å². The van der Waals surface area contributed by atoms with Crippen LogP contribution in [0.15, 0.2) is 58.9 Å². The number of carbonyl (C=O) groups excluding carboxylic acids is 2. The molecular weight excluding hydrogens is 375 g/mol. The molecule has 0 radical (unpaired) electrons. The van der Waals surface area contributed by atoms with Gasteiger partial charge in [-0.2, -0.15) is 0 Å². The van der Waals surface area contributed by atoms with Crippen molar-refractivity contribution in [3.8, 4) is 0 Å². The molecule has 0 aliphatic heterocycles. The molecule has 2 N–H and O–H groups in total. The summed E-state index contributed by atoms with van der Waals surface area (Å²) in [7, 11) is 0. The van der Waals surface area contributed by atoms with Gasteiger partial charge in [0.25, 0.3) is 5.91 Å². The van der Waals surface area contributed by atoms with Gasteiger partial charge in [-0.1, -0.05) is 47.4 Å². The Labute approximate surface area is 156 Å². The molecule has 0 aliphatic rings. The first kappa shape index (κ1) is 18.0. The summed E-state index contributed by atoms with van der Waals surface area (Å²) >= 11 is 2.36. The largest absolute Gasteiger partial charge is 0.325 e. The van der Waals surface area contributed by atoms with Gasteiger partial charge in [0.1, 0.15) is 5.82 Å². The highest BCUT2D eigenvalue weighted by Crippen LogP contribution is 2.26. The molecule has 2 amide bonds. The van der Waals surface area contributed by atoms with Crippen LogP contribution in [0.4, 0.5) is 15.2 Å². The van der Waals surface area contributed by atoms with Crippen molar-refractivity contribution in [3.63, 3.8) is 0 Å². The van der Waals surface area contributed by atoms with Gasteiger partial charge in [0.05, 0.1) is 5.75 Å². The lowest BCUT2D eigenvalue weighted by Crippen LogP contribution is -2.13. The highest BCUT2D eigenvalue weighted by atomic mass is 32.2. The third-order valence-corrected chi connectivity index (χ3v) is 5.07. The molecule has 9 heteroatoms. The molecule has 1 aromatic heterocycles. The van der Waals surface area contributed by atoms with Crippen molar-refractivity contribution >= 4 is 45.7 Å². The van der Waals surface area contributed by atoms with E-state index in [9.17, 15) is 14.0 Å². The van der Waals surface area contributed by atoms with Gasteiger partial charge in [0, 0.05) is 11.3 Å². The predicted octanol–water partition coefficient (Wildman–Crippen LogP) is 3.66. The third kappa shape index (κ3) is 5.11. The number of aromatic nitrogens is 2. The van der Waals surface area contributed by atoms with E-state index in [-0.39, 0.29) is 22.4 Å². The summed E-state index contributed by atoms with van der Waals surface area (Å²) in [6.45, 7) is 0. The van der Waals surface area contributed by atoms with E-state index < -0.39 is 11.7 Å². The van der Waals surface area contributed by atoms with Crippen LogP contribution >= 0.6 is 23.1 Å². The van der Waals surface area contributed by atoms with Gasteiger partial charge in [0.15, 0.2) is 4.34 Å². The Hall–Kier alpha value is -2.78. The molecule has 0 bridgehead atoms. The second-order valence-corrected chi connectivity index (χ2v) is 7.24. The first-order valence-corrected chi connectivity index (χ1v) is 9.28. The first-order valence-electron chi connectivity index (χ1n) is 7.48. The number of benzene rings is 2. The Bertz CT molecular complexity index is 918. The average molecular weight is 388 g/mol. The summed E-state index contributed by atoms with van der Waals surface area (Å²) in [4.78, 5) is 23.9. The van der Waals surface area contributed by atoms with E-state index in [1.807, 2.05) is 18.2 Å². The van der Waals surface area contributed by atoms with Gasteiger partial charge in [0.2, 0.25) is 11.0 Å². The quantitative estimate of drug-likeness (QED) is 0.497. The minimum atomic E-state index is -0.490. The van der Waals surface area contributed by atoms with Crippen molar-refractivity contribution in [3.05, 3.63) is 66.0 Å². The molecule has 0 fully saturated rings. The predicted molar refractivity (Wildman–Crippen MR) is 100 cm³/mol. The second kappa shape index (κ2) is 8.54. The smallest absolute Gasteiger partial charge is 0.257 e. The molecule has 0 unspecified atom stereocenters. The fraction of sp³-hybridized carbons (Fsp3) is 0.0588. The molecule has 6 nitrogen and oxygen atoms in total. The number of thioether (sulfide) groups is 1. The Morgan fingerprint density at radius 2 is 1.85 bits per heavy atom. The van der Waals surface area contributed by atoms with E-state index in [0.717, 1.165) is 23.1 Å². The number of carbonyl (C=O) groups is 2. The molecule has 3 aromatic rings. The fourth-order valence-electron chi connectivity index (χ4n) is 1.96. The molecule has 3 rings (SSSR count). The summed E-state index contributed by atoms with van der Waals surface area (Å²) < 4.78 is 13.7. The summed E-state index contributed by atoms with van der Waals surface area (Å²) in [6, 6.07) is 14.5. The lowest BCUT2D eigenvalue weighted by molar-refractivity contribution is -0.113. The zero-order valence-electron chi connectivity index (χ0n) is 13.3. The summed E-state index contributed by atoms with van der Waals surface area (Å²) in [5, 5.41) is 13.4. The second-order valence-electron chi connectivity index (χ2n) is 5.04. The fourth-order valence-corrected chi connectivity index (χ4v) is 3.51. The topological polar surface area (TPSA) is 84.0 Å². The molecule has 1 heterocycles. The number of rotatable bonds is 6. The molecule has 0 spiro atoms. The van der Waals surface area contributed by atoms with Crippen molar-refractivity contribution in [2.45, 2.75) is 4.34 Å². The summed E-state index contributed by atoms with van der Waals surface area (Å²) in [6.07, 6.45) is 0. The number of hydrogen-bond acceptors (Lipinski definition) is 6. The first-order chi connectivity index (χ1) is 12.6. The van der Waals surface area contributed by atoms with Crippen molar-refractivity contribution in [2.75, 3.05) is 16.4 Å². The highest BCUT2D eigenvalue weighted by molar-refractivity contribution is 8.01. The number of anilines is 2. The number of hydrogen-bond donors (Lipinski definition) is 2. The summed E-state index contributed by atoms with van der Waals surface area (Å²) in [5.74, 6) is -0.960. The molecule has 0 aliphatic carbocycles. The molecule has 2 aromatic carbocycles. The summed E-state index contributed by atoms with van der Waals surface area (Å²) in [5.41, 5.74) is 0.912. The Morgan fingerprint density at radius 3 is 2.62 bits per heavy atom. The van der Waals surface area contributed by atoms with Crippen LogP contribution in [0.1, 0.15) is 10.4 Å². The van der Waals surface area contributed by atoms with E-state index >= 15 is 0 Å². The van der Waals surface area contributed by atoms with Crippen molar-refractivity contribution in [2.24, 2.45) is 0 Å². The lowest BCUT2D eigenvalue weighted by atomic mass is 10.2. The van der Waals surface area contributed by atoms with Crippen LogP contribution in [-0.4, -0.2) is 27.8 Å². The van der Waals surface area contributed by atoms with Gasteiger partial charge in [-0.3, -0.25) is 14.9 Å². The van der Waals surface area contributed by atoms with Gasteiger partial charge in [-0.25, -0.2) is 4.39 Å². The monoisotopic (exact) mass is 388 g/mol. The van der Waals surface area contributed by atoms with Crippen LogP contribution in [0, 0.1) is 5.82 Å². The molecule has 132 valence electrons. The van der Waals surface area contributed by atoms with Gasteiger partial charge < -0.3 is 5.32 Å². The lowest BCUT2D eigenvalue weighted by Gasteiger charge is -2.03. The third-order valence-electron chi connectivity index (χ3n) is 3.10. The molecule has 0 saturated carbocycles. The number of nitrogens with one attached hydrogen (secondary N) is 2. The maximum Gasteiger partial charge on any atom is 0.257 e. The number of nitrogens with zero attached hydrogens (tertiary/aromatic N) is 2. The number of halogens is 1.